The van der Waals surface area contributed by atoms with Gasteiger partial charge in [0.15, 0.2) is 0 Å². The second kappa shape index (κ2) is 6.02. The Kier molecular flexibility index (Phi) is 4.87. The maximum absolute atomic E-state index is 10.3. The van der Waals surface area contributed by atoms with Crippen LogP contribution in [0.5, 0.6) is 0 Å². The molecule has 2 aliphatic rings. The molecule has 1 heterocycles. The number of ether oxygens (including phenoxy) is 1. The monoisotopic (exact) mass is 315 g/mol. The maximum atomic E-state index is 10.3. The van der Waals surface area contributed by atoms with E-state index in [9.17, 15) is 15.3 Å². The summed E-state index contributed by atoms with van der Waals surface area (Å²) in [6.45, 7) is 9.38. The van der Waals surface area contributed by atoms with Crippen LogP contribution in [-0.2, 0) is 4.74 Å². The minimum Gasteiger partial charge on any atom is -0.388 e. The van der Waals surface area contributed by atoms with Gasteiger partial charge >= 0.3 is 0 Å². The van der Waals surface area contributed by atoms with E-state index in [-0.39, 0.29) is 5.41 Å². The number of aliphatic hydroxyl groups is 3. The first kappa shape index (κ1) is 17.0. The van der Waals surface area contributed by atoms with Gasteiger partial charge in [0.05, 0.1) is 5.54 Å². The van der Waals surface area contributed by atoms with E-state index < -0.39 is 35.4 Å². The number of thioether (sulfide) groups is 1. The van der Waals surface area contributed by atoms with Crippen molar-refractivity contribution in [3.8, 4) is 0 Å². The Morgan fingerprint density at radius 1 is 1.24 bits per heavy atom. The quantitative estimate of drug-likeness (QED) is 0.530. The molecule has 5 N–H and O–H groups in total. The fourth-order valence-electron chi connectivity index (χ4n) is 3.20. The van der Waals surface area contributed by atoms with Crippen LogP contribution in [0.15, 0.2) is 25.3 Å². The Balaban J connectivity index is 2.15. The van der Waals surface area contributed by atoms with Crippen molar-refractivity contribution >= 4 is 11.8 Å². The number of aliphatic hydroxyl groups excluding tert-OH is 3. The zero-order valence-electron chi connectivity index (χ0n) is 12.3. The van der Waals surface area contributed by atoms with E-state index in [2.05, 4.69) is 13.2 Å². The summed E-state index contributed by atoms with van der Waals surface area (Å²) in [7, 11) is 0. The van der Waals surface area contributed by atoms with Crippen LogP contribution in [0.25, 0.3) is 0 Å². The predicted octanol–water partition coefficient (Wildman–Crippen LogP) is 0.397. The third kappa shape index (κ3) is 2.81. The molecular formula is C15H25NO4S. The first-order chi connectivity index (χ1) is 9.80. The highest BCUT2D eigenvalue weighted by molar-refractivity contribution is 7.99. The van der Waals surface area contributed by atoms with E-state index in [4.69, 9.17) is 10.5 Å². The summed E-state index contributed by atoms with van der Waals surface area (Å²) in [5.41, 5.74) is 4.88. The molecule has 1 aliphatic carbocycles. The molecule has 1 saturated heterocycles. The third-order valence-electron chi connectivity index (χ3n) is 4.73. The van der Waals surface area contributed by atoms with Crippen LogP contribution in [0.1, 0.15) is 19.8 Å². The van der Waals surface area contributed by atoms with Crippen molar-refractivity contribution in [2.24, 2.45) is 11.1 Å². The number of rotatable bonds is 6. The minimum atomic E-state index is -1.26. The van der Waals surface area contributed by atoms with Gasteiger partial charge in [0, 0.05) is 5.75 Å². The van der Waals surface area contributed by atoms with Gasteiger partial charge in [0.1, 0.15) is 29.9 Å². The molecule has 0 amide bonds. The second-order valence-electron chi connectivity index (χ2n) is 6.29. The van der Waals surface area contributed by atoms with Gasteiger partial charge in [-0.2, -0.15) is 0 Å². The summed E-state index contributed by atoms with van der Waals surface area (Å²) in [5, 5.41) is 30.4. The summed E-state index contributed by atoms with van der Waals surface area (Å²) in [6.07, 6.45) is 0.604. The molecule has 2 fully saturated rings. The van der Waals surface area contributed by atoms with Gasteiger partial charge in [-0.1, -0.05) is 19.1 Å². The lowest BCUT2D eigenvalue weighted by molar-refractivity contribution is -0.208. The SMILES string of the molecule is C=CCSC1OC([C@]2(N)C[C@]2(C)CC=C)C(O)C(O)C1O. The van der Waals surface area contributed by atoms with Gasteiger partial charge in [0.2, 0.25) is 0 Å². The van der Waals surface area contributed by atoms with Crippen LogP contribution >= 0.6 is 11.8 Å². The molecule has 0 bridgehead atoms. The zero-order chi connectivity index (χ0) is 15.8. The van der Waals surface area contributed by atoms with Crippen molar-refractivity contribution in [1.82, 2.24) is 0 Å². The molecule has 2 rings (SSSR count). The Morgan fingerprint density at radius 3 is 2.48 bits per heavy atom. The lowest BCUT2D eigenvalue weighted by Gasteiger charge is -2.44. The highest BCUT2D eigenvalue weighted by atomic mass is 32.2. The standard InChI is InChI=1S/C15H25NO4S/c1-4-6-14(3)8-15(14,16)12-10(18)9(17)11(19)13(20-12)21-7-5-2/h4-5,9-13,17-19H,1-2,6-8,16H2,3H3/t9?,10?,11?,12?,13?,14-,15+/m0/s1. The van der Waals surface area contributed by atoms with Crippen molar-refractivity contribution in [2.45, 2.75) is 55.2 Å². The lowest BCUT2D eigenvalue weighted by Crippen LogP contribution is -2.63. The topological polar surface area (TPSA) is 95.9 Å². The smallest absolute Gasteiger partial charge is 0.132 e. The molecule has 0 aromatic rings. The fraction of sp³-hybridized carbons (Fsp3) is 0.733. The Morgan fingerprint density at radius 2 is 1.90 bits per heavy atom. The average molecular weight is 315 g/mol. The first-order valence-electron chi connectivity index (χ1n) is 7.12. The average Bonchev–Trinajstić information content (AvgIpc) is 2.98. The van der Waals surface area contributed by atoms with E-state index in [0.29, 0.717) is 12.2 Å². The zero-order valence-corrected chi connectivity index (χ0v) is 13.1. The molecular weight excluding hydrogens is 290 g/mol. The van der Waals surface area contributed by atoms with Crippen LogP contribution in [-0.4, -0.2) is 56.5 Å². The third-order valence-corrected chi connectivity index (χ3v) is 5.88. The molecule has 120 valence electrons. The molecule has 1 aliphatic heterocycles. The molecule has 21 heavy (non-hydrogen) atoms. The number of hydrogen-bond donors (Lipinski definition) is 4. The first-order valence-corrected chi connectivity index (χ1v) is 8.17. The molecule has 5 unspecified atom stereocenters. The minimum absolute atomic E-state index is 0.198. The molecule has 6 heteroatoms. The normalized spacial score (nSPS) is 49.7. The van der Waals surface area contributed by atoms with E-state index in [1.165, 1.54) is 11.8 Å². The van der Waals surface area contributed by atoms with E-state index in [0.717, 1.165) is 6.42 Å². The van der Waals surface area contributed by atoms with Gasteiger partial charge in [-0.05, 0) is 18.3 Å². The van der Waals surface area contributed by atoms with Gasteiger partial charge in [-0.25, -0.2) is 0 Å². The van der Waals surface area contributed by atoms with Crippen molar-refractivity contribution < 1.29 is 20.1 Å². The van der Waals surface area contributed by atoms with Crippen molar-refractivity contribution in [3.63, 3.8) is 0 Å². The lowest BCUT2D eigenvalue weighted by atomic mass is 9.87. The second-order valence-corrected chi connectivity index (χ2v) is 7.42. The van der Waals surface area contributed by atoms with E-state index in [1.807, 2.05) is 6.92 Å². The molecule has 0 aromatic carbocycles. The van der Waals surface area contributed by atoms with Gasteiger partial charge < -0.3 is 25.8 Å². The summed E-state index contributed by atoms with van der Waals surface area (Å²) in [5.74, 6) is 0.582. The summed E-state index contributed by atoms with van der Waals surface area (Å²) in [4.78, 5) is 0. The van der Waals surface area contributed by atoms with Crippen molar-refractivity contribution in [3.05, 3.63) is 25.3 Å². The molecule has 0 spiro atoms. The highest BCUT2D eigenvalue weighted by Gasteiger charge is 2.69. The molecule has 1 saturated carbocycles. The van der Waals surface area contributed by atoms with Crippen molar-refractivity contribution in [2.75, 3.05) is 5.75 Å². The summed E-state index contributed by atoms with van der Waals surface area (Å²) < 4.78 is 5.85. The van der Waals surface area contributed by atoms with Crippen LogP contribution in [0.4, 0.5) is 0 Å². The number of allylic oxidation sites excluding steroid dienone is 1. The maximum Gasteiger partial charge on any atom is 0.132 e. The molecule has 5 nitrogen and oxygen atoms in total. The highest BCUT2D eigenvalue weighted by Crippen LogP contribution is 2.60. The van der Waals surface area contributed by atoms with E-state index >= 15 is 0 Å². The number of nitrogens with two attached hydrogens (primary N) is 1. The molecule has 0 aromatic heterocycles. The largest absolute Gasteiger partial charge is 0.388 e. The number of hydrogen-bond acceptors (Lipinski definition) is 6. The van der Waals surface area contributed by atoms with Crippen molar-refractivity contribution in [1.29, 1.82) is 0 Å². The van der Waals surface area contributed by atoms with Gasteiger partial charge in [0.25, 0.3) is 0 Å². The van der Waals surface area contributed by atoms with Crippen LogP contribution < -0.4 is 5.73 Å². The fourth-order valence-corrected chi connectivity index (χ4v) is 4.08. The molecule has 7 atom stereocenters. The predicted molar refractivity (Wildman–Crippen MR) is 83.8 cm³/mol. The Labute approximate surface area is 129 Å². The van der Waals surface area contributed by atoms with Crippen LogP contribution in [0, 0.1) is 5.41 Å². The van der Waals surface area contributed by atoms with Gasteiger partial charge in [-0.15, -0.1) is 24.9 Å². The summed E-state index contributed by atoms with van der Waals surface area (Å²) in [6, 6.07) is 0. The van der Waals surface area contributed by atoms with Gasteiger partial charge in [-0.3, -0.25) is 0 Å². The summed E-state index contributed by atoms with van der Waals surface area (Å²) >= 11 is 1.34. The van der Waals surface area contributed by atoms with E-state index in [1.54, 1.807) is 12.2 Å². The molecule has 0 radical (unpaired) electrons. The Bertz CT molecular complexity index is 420. The van der Waals surface area contributed by atoms with Crippen LogP contribution in [0.3, 0.4) is 0 Å². The Hall–Kier alpha value is -0.370. The van der Waals surface area contributed by atoms with Crippen LogP contribution in [0.2, 0.25) is 0 Å².